The zero-order valence-electron chi connectivity index (χ0n) is 14.0. The fraction of sp³-hybridized carbons (Fsp3) is 0.130. The molecular weight excluding hydrogens is 276 g/mol. The summed E-state index contributed by atoms with van der Waals surface area (Å²) in [6.45, 7) is 6.47. The van der Waals surface area contributed by atoms with Gasteiger partial charge in [0.1, 0.15) is 0 Å². The second-order valence-electron chi connectivity index (χ2n) is 6.10. The molecule has 0 spiro atoms. The van der Waals surface area contributed by atoms with Gasteiger partial charge in [-0.1, -0.05) is 90.0 Å². The standard InChI is InChI=1S/C23H22/c1-17-9-13-20(14-10-17)19(3)23(21-7-5-4-6-8-21)22-15-11-18(2)12-16-22/h4-16H,1-3H3/b23-19+. The van der Waals surface area contributed by atoms with Crippen LogP contribution < -0.4 is 0 Å². The van der Waals surface area contributed by atoms with Crippen molar-refractivity contribution in [1.82, 2.24) is 0 Å². The third-order valence-electron chi connectivity index (χ3n) is 4.26. The van der Waals surface area contributed by atoms with Crippen LogP contribution in [0.25, 0.3) is 11.1 Å². The highest BCUT2D eigenvalue weighted by Gasteiger charge is 2.10. The lowest BCUT2D eigenvalue weighted by atomic mass is 9.90. The van der Waals surface area contributed by atoms with Crippen molar-refractivity contribution in [3.05, 3.63) is 107 Å². The summed E-state index contributed by atoms with van der Waals surface area (Å²) in [4.78, 5) is 0. The van der Waals surface area contributed by atoms with Crippen molar-refractivity contribution in [3.8, 4) is 0 Å². The van der Waals surface area contributed by atoms with Crippen LogP contribution in [0.4, 0.5) is 0 Å². The minimum absolute atomic E-state index is 1.26. The van der Waals surface area contributed by atoms with Gasteiger partial charge in [0.05, 0.1) is 0 Å². The van der Waals surface area contributed by atoms with E-state index in [4.69, 9.17) is 0 Å². The molecule has 0 aliphatic carbocycles. The number of benzene rings is 3. The molecule has 114 valence electrons. The first kappa shape index (κ1) is 15.3. The predicted octanol–water partition coefficient (Wildman–Crippen LogP) is 6.28. The van der Waals surface area contributed by atoms with E-state index in [1.807, 2.05) is 0 Å². The zero-order valence-corrected chi connectivity index (χ0v) is 14.0. The van der Waals surface area contributed by atoms with Crippen molar-refractivity contribution in [1.29, 1.82) is 0 Å². The molecule has 0 fully saturated rings. The van der Waals surface area contributed by atoms with Crippen LogP contribution in [0.5, 0.6) is 0 Å². The Bertz CT molecular complexity index is 804. The van der Waals surface area contributed by atoms with Crippen LogP contribution in [-0.2, 0) is 0 Å². The fourth-order valence-corrected chi connectivity index (χ4v) is 2.87. The molecular formula is C23H22. The Hall–Kier alpha value is -2.60. The van der Waals surface area contributed by atoms with Gasteiger partial charge in [-0.3, -0.25) is 0 Å². The number of hydrogen-bond donors (Lipinski definition) is 0. The van der Waals surface area contributed by atoms with Crippen LogP contribution in [0.3, 0.4) is 0 Å². The highest BCUT2D eigenvalue weighted by Crippen LogP contribution is 2.32. The summed E-state index contributed by atoms with van der Waals surface area (Å²) < 4.78 is 0. The van der Waals surface area contributed by atoms with Crippen LogP contribution in [0.15, 0.2) is 78.9 Å². The van der Waals surface area contributed by atoms with Crippen LogP contribution in [0.1, 0.15) is 34.7 Å². The maximum absolute atomic E-state index is 2.22. The Labute approximate surface area is 139 Å². The van der Waals surface area contributed by atoms with Crippen LogP contribution in [0.2, 0.25) is 0 Å². The molecule has 3 rings (SSSR count). The minimum Gasteiger partial charge on any atom is -0.0622 e. The molecule has 0 bridgehead atoms. The largest absolute Gasteiger partial charge is 0.0622 e. The molecule has 0 radical (unpaired) electrons. The zero-order chi connectivity index (χ0) is 16.2. The van der Waals surface area contributed by atoms with E-state index in [1.165, 1.54) is 39.0 Å². The van der Waals surface area contributed by atoms with E-state index in [9.17, 15) is 0 Å². The van der Waals surface area contributed by atoms with Gasteiger partial charge < -0.3 is 0 Å². The molecule has 0 heterocycles. The normalized spacial score (nSPS) is 12.0. The average Bonchev–Trinajstić information content (AvgIpc) is 2.58. The van der Waals surface area contributed by atoms with E-state index in [0.29, 0.717) is 0 Å². The van der Waals surface area contributed by atoms with E-state index in [1.54, 1.807) is 0 Å². The minimum atomic E-state index is 1.26. The third kappa shape index (κ3) is 3.43. The maximum atomic E-state index is 2.22. The summed E-state index contributed by atoms with van der Waals surface area (Å²) in [5.41, 5.74) is 8.98. The van der Waals surface area contributed by atoms with Crippen molar-refractivity contribution < 1.29 is 0 Å². The van der Waals surface area contributed by atoms with Crippen molar-refractivity contribution in [2.24, 2.45) is 0 Å². The summed E-state index contributed by atoms with van der Waals surface area (Å²) >= 11 is 0. The van der Waals surface area contributed by atoms with Gasteiger partial charge in [-0.15, -0.1) is 0 Å². The van der Waals surface area contributed by atoms with Crippen LogP contribution >= 0.6 is 0 Å². The smallest absolute Gasteiger partial charge is 0.00762 e. The Morgan fingerprint density at radius 2 is 0.957 bits per heavy atom. The molecule has 0 atom stereocenters. The van der Waals surface area contributed by atoms with Crippen molar-refractivity contribution >= 4 is 11.1 Å². The molecule has 23 heavy (non-hydrogen) atoms. The lowest BCUT2D eigenvalue weighted by Gasteiger charge is -2.14. The van der Waals surface area contributed by atoms with E-state index < -0.39 is 0 Å². The molecule has 0 amide bonds. The SMILES string of the molecule is C/C(=C(/c1ccccc1)c1ccc(C)cc1)c1ccc(C)cc1. The number of aryl methyl sites for hydroxylation is 2. The average molecular weight is 298 g/mol. The van der Waals surface area contributed by atoms with Crippen molar-refractivity contribution in [2.45, 2.75) is 20.8 Å². The Kier molecular flexibility index (Phi) is 4.43. The van der Waals surface area contributed by atoms with Gasteiger partial charge in [-0.2, -0.15) is 0 Å². The highest BCUT2D eigenvalue weighted by atomic mass is 14.1. The predicted molar refractivity (Wildman–Crippen MR) is 100 cm³/mol. The van der Waals surface area contributed by atoms with E-state index in [0.717, 1.165) is 0 Å². The van der Waals surface area contributed by atoms with Crippen molar-refractivity contribution in [3.63, 3.8) is 0 Å². The van der Waals surface area contributed by atoms with Gasteiger partial charge in [-0.05, 0) is 48.6 Å². The topological polar surface area (TPSA) is 0 Å². The molecule has 0 saturated carbocycles. The first-order valence-electron chi connectivity index (χ1n) is 8.05. The van der Waals surface area contributed by atoms with Gasteiger partial charge in [0.2, 0.25) is 0 Å². The van der Waals surface area contributed by atoms with Gasteiger partial charge in [0, 0.05) is 0 Å². The summed E-state index contributed by atoms with van der Waals surface area (Å²) in [5.74, 6) is 0. The Morgan fingerprint density at radius 3 is 1.48 bits per heavy atom. The molecule has 0 heteroatoms. The van der Waals surface area contributed by atoms with Crippen LogP contribution in [-0.4, -0.2) is 0 Å². The first-order chi connectivity index (χ1) is 11.1. The van der Waals surface area contributed by atoms with Crippen molar-refractivity contribution in [2.75, 3.05) is 0 Å². The molecule has 0 nitrogen and oxygen atoms in total. The molecule has 3 aromatic rings. The van der Waals surface area contributed by atoms with E-state index in [2.05, 4.69) is 99.6 Å². The third-order valence-corrected chi connectivity index (χ3v) is 4.26. The van der Waals surface area contributed by atoms with Crippen LogP contribution in [0, 0.1) is 13.8 Å². The maximum Gasteiger partial charge on any atom is -0.00762 e. The molecule has 0 N–H and O–H groups in total. The lowest BCUT2D eigenvalue weighted by molar-refractivity contribution is 1.42. The van der Waals surface area contributed by atoms with E-state index >= 15 is 0 Å². The monoisotopic (exact) mass is 298 g/mol. The summed E-state index contributed by atoms with van der Waals surface area (Å²) in [7, 11) is 0. The summed E-state index contributed by atoms with van der Waals surface area (Å²) in [6.07, 6.45) is 0. The molecule has 0 unspecified atom stereocenters. The second-order valence-corrected chi connectivity index (χ2v) is 6.10. The molecule has 0 aromatic heterocycles. The summed E-state index contributed by atoms with van der Waals surface area (Å²) in [5, 5.41) is 0. The highest BCUT2D eigenvalue weighted by molar-refractivity contribution is 5.97. The Balaban J connectivity index is 2.20. The lowest BCUT2D eigenvalue weighted by Crippen LogP contribution is -1.93. The summed E-state index contributed by atoms with van der Waals surface area (Å²) in [6, 6.07) is 28.2. The molecule has 0 saturated heterocycles. The molecule has 0 aliphatic rings. The quantitative estimate of drug-likeness (QED) is 0.499. The second kappa shape index (κ2) is 6.66. The number of rotatable bonds is 3. The van der Waals surface area contributed by atoms with E-state index in [-0.39, 0.29) is 0 Å². The number of allylic oxidation sites excluding steroid dienone is 1. The van der Waals surface area contributed by atoms with Gasteiger partial charge in [0.15, 0.2) is 0 Å². The molecule has 3 aromatic carbocycles. The molecule has 0 aliphatic heterocycles. The fourth-order valence-electron chi connectivity index (χ4n) is 2.87. The van der Waals surface area contributed by atoms with Gasteiger partial charge in [0.25, 0.3) is 0 Å². The first-order valence-corrected chi connectivity index (χ1v) is 8.05. The van der Waals surface area contributed by atoms with Gasteiger partial charge in [-0.25, -0.2) is 0 Å². The number of hydrogen-bond acceptors (Lipinski definition) is 0. The van der Waals surface area contributed by atoms with Gasteiger partial charge >= 0.3 is 0 Å². The Morgan fingerprint density at radius 1 is 0.522 bits per heavy atom.